The number of benzene rings is 1. The molecule has 0 aromatic heterocycles. The van der Waals surface area contributed by atoms with Crippen molar-refractivity contribution in [2.75, 3.05) is 25.0 Å². The third-order valence-corrected chi connectivity index (χ3v) is 4.02. The van der Waals surface area contributed by atoms with Gasteiger partial charge in [0, 0.05) is 12.1 Å². The van der Waals surface area contributed by atoms with Crippen LogP contribution in [0.5, 0.6) is 0 Å². The molecule has 6 heteroatoms. The molecule has 1 aromatic carbocycles. The van der Waals surface area contributed by atoms with Crippen molar-refractivity contribution in [2.24, 2.45) is 0 Å². The number of carbonyl (C=O) groups is 1. The average molecular weight is 305 g/mol. The third-order valence-electron chi connectivity index (χ3n) is 4.02. The molecule has 0 aliphatic carbocycles. The largest absolute Gasteiger partial charge is 0.324 e. The molecule has 1 heterocycles. The van der Waals surface area contributed by atoms with Crippen molar-refractivity contribution in [1.82, 2.24) is 4.90 Å². The molecule has 1 aliphatic rings. The normalized spacial score (nSPS) is 16.6. The van der Waals surface area contributed by atoms with Crippen molar-refractivity contribution in [3.05, 3.63) is 33.9 Å². The second kappa shape index (κ2) is 7.89. The van der Waals surface area contributed by atoms with Crippen LogP contribution in [0, 0.1) is 17.0 Å². The second-order valence-electron chi connectivity index (χ2n) is 5.85. The molecule has 22 heavy (non-hydrogen) atoms. The van der Waals surface area contributed by atoms with E-state index in [1.54, 1.807) is 6.07 Å². The molecule has 1 aliphatic heterocycles. The van der Waals surface area contributed by atoms with Crippen LogP contribution in [0.1, 0.15) is 37.7 Å². The standard InChI is InChI=1S/C16H23N3O3/c1-13-7-8-14(19(21)22)11-15(13)17-16(20)12-18-9-5-3-2-4-6-10-18/h7-8,11H,2-6,9-10,12H2,1H3,(H,17,20). The highest BCUT2D eigenvalue weighted by atomic mass is 16.6. The van der Waals surface area contributed by atoms with Gasteiger partial charge in [0.2, 0.25) is 5.91 Å². The molecule has 0 unspecified atom stereocenters. The molecule has 1 saturated heterocycles. The van der Waals surface area contributed by atoms with Crippen molar-refractivity contribution in [3.63, 3.8) is 0 Å². The third kappa shape index (κ3) is 4.80. The predicted molar refractivity (Wildman–Crippen MR) is 86.0 cm³/mol. The molecule has 120 valence electrons. The van der Waals surface area contributed by atoms with E-state index in [0.29, 0.717) is 12.2 Å². The number of amides is 1. The lowest BCUT2D eigenvalue weighted by atomic mass is 10.1. The minimum Gasteiger partial charge on any atom is -0.324 e. The molecule has 1 N–H and O–H groups in total. The summed E-state index contributed by atoms with van der Waals surface area (Å²) in [5.41, 5.74) is 1.34. The van der Waals surface area contributed by atoms with Crippen LogP contribution in [-0.4, -0.2) is 35.4 Å². The SMILES string of the molecule is Cc1ccc([N+](=O)[O-])cc1NC(=O)CN1CCCCCCC1. The number of aryl methyl sites for hydroxylation is 1. The van der Waals surface area contributed by atoms with E-state index < -0.39 is 4.92 Å². The van der Waals surface area contributed by atoms with Crippen molar-refractivity contribution in [3.8, 4) is 0 Å². The summed E-state index contributed by atoms with van der Waals surface area (Å²) in [5, 5.41) is 13.6. The summed E-state index contributed by atoms with van der Waals surface area (Å²) in [5.74, 6) is -0.107. The fourth-order valence-corrected chi connectivity index (χ4v) is 2.72. The monoisotopic (exact) mass is 305 g/mol. The Morgan fingerprint density at radius 1 is 1.23 bits per heavy atom. The number of rotatable bonds is 4. The first kappa shape index (κ1) is 16.4. The minimum absolute atomic E-state index is 0.00726. The molecule has 1 aromatic rings. The smallest absolute Gasteiger partial charge is 0.271 e. The maximum absolute atomic E-state index is 12.2. The van der Waals surface area contributed by atoms with E-state index in [4.69, 9.17) is 0 Å². The molecule has 0 saturated carbocycles. The van der Waals surface area contributed by atoms with Crippen molar-refractivity contribution in [2.45, 2.75) is 39.0 Å². The van der Waals surface area contributed by atoms with Crippen LogP contribution in [0.15, 0.2) is 18.2 Å². The molecule has 0 bridgehead atoms. The Balaban J connectivity index is 1.96. The lowest BCUT2D eigenvalue weighted by molar-refractivity contribution is -0.384. The highest BCUT2D eigenvalue weighted by molar-refractivity contribution is 5.93. The Labute approximate surface area is 130 Å². The average Bonchev–Trinajstić information content (AvgIpc) is 2.44. The zero-order chi connectivity index (χ0) is 15.9. The second-order valence-corrected chi connectivity index (χ2v) is 5.85. The summed E-state index contributed by atoms with van der Waals surface area (Å²) in [6.07, 6.45) is 5.99. The number of nitrogens with one attached hydrogen (secondary N) is 1. The molecule has 1 fully saturated rings. The van der Waals surface area contributed by atoms with Crippen LogP contribution in [0.4, 0.5) is 11.4 Å². The van der Waals surface area contributed by atoms with Crippen LogP contribution in [-0.2, 0) is 4.79 Å². The van der Waals surface area contributed by atoms with Gasteiger partial charge in [0.1, 0.15) is 0 Å². The van der Waals surface area contributed by atoms with Gasteiger partial charge in [-0.3, -0.25) is 19.8 Å². The van der Waals surface area contributed by atoms with Crippen molar-refractivity contribution in [1.29, 1.82) is 0 Å². The van der Waals surface area contributed by atoms with Gasteiger partial charge in [0.25, 0.3) is 5.69 Å². The van der Waals surface area contributed by atoms with Gasteiger partial charge in [-0.2, -0.15) is 0 Å². The fourth-order valence-electron chi connectivity index (χ4n) is 2.72. The molecule has 1 amide bonds. The number of likely N-dealkylation sites (tertiary alicyclic amines) is 1. The van der Waals surface area contributed by atoms with Crippen LogP contribution >= 0.6 is 0 Å². The quantitative estimate of drug-likeness (QED) is 0.685. The minimum atomic E-state index is -0.451. The van der Waals surface area contributed by atoms with E-state index in [9.17, 15) is 14.9 Å². The van der Waals surface area contributed by atoms with Gasteiger partial charge in [0.15, 0.2) is 0 Å². The highest BCUT2D eigenvalue weighted by Gasteiger charge is 2.15. The van der Waals surface area contributed by atoms with E-state index in [-0.39, 0.29) is 11.6 Å². The Kier molecular flexibility index (Phi) is 5.89. The van der Waals surface area contributed by atoms with Crippen LogP contribution in [0.2, 0.25) is 0 Å². The van der Waals surface area contributed by atoms with Gasteiger partial charge in [-0.05, 0) is 38.4 Å². The molecular formula is C16H23N3O3. The van der Waals surface area contributed by atoms with Gasteiger partial charge >= 0.3 is 0 Å². The highest BCUT2D eigenvalue weighted by Crippen LogP contribution is 2.21. The van der Waals surface area contributed by atoms with Gasteiger partial charge in [0.05, 0.1) is 17.2 Å². The zero-order valence-corrected chi connectivity index (χ0v) is 13.0. The van der Waals surface area contributed by atoms with Crippen molar-refractivity contribution < 1.29 is 9.72 Å². The Morgan fingerprint density at radius 3 is 2.50 bits per heavy atom. The maximum Gasteiger partial charge on any atom is 0.271 e. The van der Waals surface area contributed by atoms with Crippen LogP contribution in [0.25, 0.3) is 0 Å². The molecule has 0 atom stereocenters. The number of hydrogen-bond donors (Lipinski definition) is 1. The van der Waals surface area contributed by atoms with E-state index in [0.717, 1.165) is 31.5 Å². The Bertz CT molecular complexity index is 537. The van der Waals surface area contributed by atoms with Crippen LogP contribution in [0.3, 0.4) is 0 Å². The maximum atomic E-state index is 12.2. The number of hydrogen-bond acceptors (Lipinski definition) is 4. The summed E-state index contributed by atoms with van der Waals surface area (Å²) in [7, 11) is 0. The fraction of sp³-hybridized carbons (Fsp3) is 0.562. The lowest BCUT2D eigenvalue weighted by Crippen LogP contribution is -2.35. The predicted octanol–water partition coefficient (Wildman–Crippen LogP) is 3.11. The topological polar surface area (TPSA) is 75.5 Å². The number of carbonyl (C=O) groups excluding carboxylic acids is 1. The molecule has 2 rings (SSSR count). The zero-order valence-electron chi connectivity index (χ0n) is 13.0. The van der Waals surface area contributed by atoms with E-state index in [2.05, 4.69) is 10.2 Å². The summed E-state index contributed by atoms with van der Waals surface area (Å²) in [6.45, 7) is 4.07. The first-order valence-corrected chi connectivity index (χ1v) is 7.83. The van der Waals surface area contributed by atoms with E-state index in [1.165, 1.54) is 31.4 Å². The van der Waals surface area contributed by atoms with Gasteiger partial charge in [-0.25, -0.2) is 0 Å². The van der Waals surface area contributed by atoms with Gasteiger partial charge in [-0.15, -0.1) is 0 Å². The Morgan fingerprint density at radius 2 is 1.86 bits per heavy atom. The Hall–Kier alpha value is -1.95. The van der Waals surface area contributed by atoms with E-state index in [1.807, 2.05) is 6.92 Å². The summed E-state index contributed by atoms with van der Waals surface area (Å²) < 4.78 is 0. The number of nitrogens with zero attached hydrogens (tertiary/aromatic N) is 2. The number of nitro groups is 1. The lowest BCUT2D eigenvalue weighted by Gasteiger charge is -2.23. The first-order chi connectivity index (χ1) is 10.6. The number of nitro benzene ring substituents is 1. The summed E-state index contributed by atoms with van der Waals surface area (Å²) >= 11 is 0. The van der Waals surface area contributed by atoms with E-state index >= 15 is 0 Å². The van der Waals surface area contributed by atoms with Gasteiger partial charge < -0.3 is 5.32 Å². The van der Waals surface area contributed by atoms with Gasteiger partial charge in [-0.1, -0.05) is 25.3 Å². The number of non-ortho nitro benzene ring substituents is 1. The number of anilines is 1. The summed E-state index contributed by atoms with van der Waals surface area (Å²) in [6, 6.07) is 4.52. The molecule has 0 spiro atoms. The first-order valence-electron chi connectivity index (χ1n) is 7.83. The summed E-state index contributed by atoms with van der Waals surface area (Å²) in [4.78, 5) is 24.7. The molecular weight excluding hydrogens is 282 g/mol. The van der Waals surface area contributed by atoms with Crippen molar-refractivity contribution >= 4 is 17.3 Å². The molecule has 6 nitrogen and oxygen atoms in total. The van der Waals surface area contributed by atoms with Crippen LogP contribution < -0.4 is 5.32 Å². The molecule has 0 radical (unpaired) electrons.